The lowest BCUT2D eigenvalue weighted by atomic mass is 10.0. The fraction of sp³-hybridized carbons (Fsp3) is 0.722. The van der Waals surface area contributed by atoms with E-state index in [-0.39, 0.29) is 29.6 Å². The van der Waals surface area contributed by atoms with Gasteiger partial charge < -0.3 is 19.4 Å². The summed E-state index contributed by atoms with van der Waals surface area (Å²) in [6.45, 7) is 7.62. The Morgan fingerprint density at radius 3 is 2.14 bits per heavy atom. The maximum Gasteiger partial charge on any atom is 0.451 e. The number of rotatable bonds is 2. The number of aromatic nitrogens is 2. The van der Waals surface area contributed by atoms with Crippen molar-refractivity contribution in [1.29, 1.82) is 0 Å². The van der Waals surface area contributed by atoms with Crippen LogP contribution in [0.5, 0.6) is 0 Å². The normalized spacial score (nSPS) is 22.4. The third-order valence-electron chi connectivity index (χ3n) is 4.87. The Kier molecular flexibility index (Phi) is 5.09. The summed E-state index contributed by atoms with van der Waals surface area (Å²) < 4.78 is 45.0. The zero-order chi connectivity index (χ0) is 20.9. The van der Waals surface area contributed by atoms with Crippen molar-refractivity contribution in [3.63, 3.8) is 0 Å². The Bertz CT molecular complexity index is 734. The van der Waals surface area contributed by atoms with Crippen LogP contribution in [0.3, 0.4) is 0 Å². The Morgan fingerprint density at radius 2 is 1.68 bits per heavy atom. The van der Waals surface area contributed by atoms with E-state index in [0.717, 1.165) is 0 Å². The molecule has 7 nitrogen and oxygen atoms in total. The third kappa shape index (κ3) is 4.41. The van der Waals surface area contributed by atoms with Crippen LogP contribution in [0, 0.1) is 11.8 Å². The molecule has 0 bridgehead atoms. The second-order valence-corrected chi connectivity index (χ2v) is 8.61. The minimum absolute atomic E-state index is 0.180. The SMILES string of the molecule is CN(C)c1cc(N2CC3CN(C(=O)OC(C)(C)C)CC3C2)nc(C(F)(F)F)n1. The van der Waals surface area contributed by atoms with Crippen LogP contribution in [0.15, 0.2) is 6.07 Å². The highest BCUT2D eigenvalue weighted by Gasteiger charge is 2.44. The Balaban J connectivity index is 1.73. The van der Waals surface area contributed by atoms with E-state index >= 15 is 0 Å². The van der Waals surface area contributed by atoms with Gasteiger partial charge in [0.15, 0.2) is 0 Å². The second kappa shape index (κ2) is 6.97. The number of likely N-dealkylation sites (tertiary alicyclic amines) is 1. The van der Waals surface area contributed by atoms with Gasteiger partial charge in [-0.25, -0.2) is 14.8 Å². The maximum absolute atomic E-state index is 13.2. The van der Waals surface area contributed by atoms with Crippen LogP contribution in [-0.2, 0) is 10.9 Å². The molecular formula is C18H26F3N5O2. The molecule has 28 heavy (non-hydrogen) atoms. The second-order valence-electron chi connectivity index (χ2n) is 8.61. The van der Waals surface area contributed by atoms with Crippen LogP contribution >= 0.6 is 0 Å². The fourth-order valence-electron chi connectivity index (χ4n) is 3.60. The summed E-state index contributed by atoms with van der Waals surface area (Å²) >= 11 is 0. The van der Waals surface area contributed by atoms with Gasteiger partial charge in [0.1, 0.15) is 17.2 Å². The van der Waals surface area contributed by atoms with Crippen LogP contribution in [0.2, 0.25) is 0 Å². The number of fused-ring (bicyclic) bond motifs is 1. The molecule has 3 heterocycles. The van der Waals surface area contributed by atoms with Crippen molar-refractivity contribution in [3.8, 4) is 0 Å². The molecule has 2 unspecified atom stereocenters. The number of hydrogen-bond acceptors (Lipinski definition) is 6. The van der Waals surface area contributed by atoms with E-state index in [4.69, 9.17) is 4.74 Å². The van der Waals surface area contributed by atoms with Gasteiger partial charge in [-0.3, -0.25) is 0 Å². The fourth-order valence-corrected chi connectivity index (χ4v) is 3.60. The number of amides is 1. The van der Waals surface area contributed by atoms with Crippen LogP contribution < -0.4 is 9.80 Å². The van der Waals surface area contributed by atoms with E-state index in [1.807, 2.05) is 25.7 Å². The molecule has 3 rings (SSSR count). The molecule has 10 heteroatoms. The zero-order valence-corrected chi connectivity index (χ0v) is 16.7. The van der Waals surface area contributed by atoms with E-state index in [1.165, 1.54) is 4.90 Å². The first kappa shape index (κ1) is 20.5. The summed E-state index contributed by atoms with van der Waals surface area (Å²) in [6, 6.07) is 1.57. The van der Waals surface area contributed by atoms with Gasteiger partial charge in [-0.1, -0.05) is 0 Å². The van der Waals surface area contributed by atoms with Crippen LogP contribution in [0.1, 0.15) is 26.6 Å². The third-order valence-corrected chi connectivity index (χ3v) is 4.87. The lowest BCUT2D eigenvalue weighted by Gasteiger charge is -2.26. The number of halogens is 3. The lowest BCUT2D eigenvalue weighted by Crippen LogP contribution is -2.37. The van der Waals surface area contributed by atoms with Crippen molar-refractivity contribution < 1.29 is 22.7 Å². The molecule has 2 atom stereocenters. The summed E-state index contributed by atoms with van der Waals surface area (Å²) in [5.74, 6) is -0.297. The summed E-state index contributed by atoms with van der Waals surface area (Å²) in [7, 11) is 3.29. The first-order valence-corrected chi connectivity index (χ1v) is 9.20. The highest BCUT2D eigenvalue weighted by Crippen LogP contribution is 2.36. The summed E-state index contributed by atoms with van der Waals surface area (Å²) in [4.78, 5) is 24.7. The van der Waals surface area contributed by atoms with Crippen molar-refractivity contribution in [3.05, 3.63) is 11.9 Å². The van der Waals surface area contributed by atoms with Crippen molar-refractivity contribution >= 4 is 17.7 Å². The zero-order valence-electron chi connectivity index (χ0n) is 16.7. The van der Waals surface area contributed by atoms with Crippen molar-refractivity contribution in [1.82, 2.24) is 14.9 Å². The molecule has 2 aliphatic rings. The predicted molar refractivity (Wildman–Crippen MR) is 98.4 cm³/mol. The highest BCUT2D eigenvalue weighted by molar-refractivity contribution is 5.68. The van der Waals surface area contributed by atoms with Gasteiger partial charge in [0, 0.05) is 58.2 Å². The smallest absolute Gasteiger partial charge is 0.444 e. The number of carbonyl (C=O) groups excluding carboxylic acids is 1. The molecule has 2 saturated heterocycles. The average molecular weight is 401 g/mol. The molecule has 0 aliphatic carbocycles. The Labute approximate surface area is 162 Å². The average Bonchev–Trinajstić information content (AvgIpc) is 3.10. The minimum Gasteiger partial charge on any atom is -0.444 e. The van der Waals surface area contributed by atoms with Crippen LogP contribution in [0.4, 0.5) is 29.6 Å². The first-order valence-electron chi connectivity index (χ1n) is 9.20. The van der Waals surface area contributed by atoms with Gasteiger partial charge in [-0.05, 0) is 20.8 Å². The number of ether oxygens (including phenoxy) is 1. The molecule has 1 aromatic heterocycles. The molecule has 2 aliphatic heterocycles. The van der Waals surface area contributed by atoms with Gasteiger partial charge in [0.25, 0.3) is 0 Å². The maximum atomic E-state index is 13.2. The van der Waals surface area contributed by atoms with Crippen molar-refractivity contribution in [2.75, 3.05) is 50.1 Å². The largest absolute Gasteiger partial charge is 0.451 e. The number of alkyl halides is 3. The molecule has 0 saturated carbocycles. The standard InChI is InChI=1S/C18H26F3N5O2/c1-17(2,3)28-16(27)26-9-11-7-25(8-12(11)10-26)14-6-13(24(4)5)22-15(23-14)18(19,20)21/h6,11-12H,7-10H2,1-5H3. The molecular weight excluding hydrogens is 375 g/mol. The summed E-state index contributed by atoms with van der Waals surface area (Å²) in [5, 5.41) is 0. The van der Waals surface area contributed by atoms with E-state index in [0.29, 0.717) is 26.2 Å². The van der Waals surface area contributed by atoms with Crippen LogP contribution in [-0.4, -0.2) is 66.8 Å². The summed E-state index contributed by atoms with van der Waals surface area (Å²) in [5.41, 5.74) is -0.557. The van der Waals surface area contributed by atoms with E-state index in [1.54, 1.807) is 25.1 Å². The Hall–Kier alpha value is -2.26. The van der Waals surface area contributed by atoms with E-state index in [2.05, 4.69) is 9.97 Å². The molecule has 2 fully saturated rings. The van der Waals surface area contributed by atoms with Gasteiger partial charge in [0.05, 0.1) is 0 Å². The molecule has 1 amide bonds. The predicted octanol–water partition coefficient (Wildman–Crippen LogP) is 2.86. The number of hydrogen-bond donors (Lipinski definition) is 0. The van der Waals surface area contributed by atoms with E-state index in [9.17, 15) is 18.0 Å². The number of nitrogens with zero attached hydrogens (tertiary/aromatic N) is 5. The molecule has 1 aromatic rings. The van der Waals surface area contributed by atoms with Gasteiger partial charge >= 0.3 is 12.3 Å². The summed E-state index contributed by atoms with van der Waals surface area (Å²) in [6.07, 6.45) is -4.95. The molecule has 0 radical (unpaired) electrons. The minimum atomic E-state index is -4.61. The lowest BCUT2D eigenvalue weighted by molar-refractivity contribution is -0.144. The van der Waals surface area contributed by atoms with E-state index < -0.39 is 17.6 Å². The highest BCUT2D eigenvalue weighted by atomic mass is 19.4. The topological polar surface area (TPSA) is 61.8 Å². The Morgan fingerprint density at radius 1 is 1.11 bits per heavy atom. The molecule has 0 N–H and O–H groups in total. The molecule has 156 valence electrons. The van der Waals surface area contributed by atoms with Crippen molar-refractivity contribution in [2.24, 2.45) is 11.8 Å². The van der Waals surface area contributed by atoms with Gasteiger partial charge in [-0.15, -0.1) is 0 Å². The first-order chi connectivity index (χ1) is 12.8. The van der Waals surface area contributed by atoms with Gasteiger partial charge in [-0.2, -0.15) is 13.2 Å². The number of anilines is 2. The monoisotopic (exact) mass is 401 g/mol. The van der Waals surface area contributed by atoms with Crippen molar-refractivity contribution in [2.45, 2.75) is 32.5 Å². The molecule has 0 spiro atoms. The van der Waals surface area contributed by atoms with Crippen LogP contribution in [0.25, 0.3) is 0 Å². The van der Waals surface area contributed by atoms with Gasteiger partial charge in [0.2, 0.25) is 5.82 Å². The molecule has 0 aromatic carbocycles. The quantitative estimate of drug-likeness (QED) is 0.760. The number of carbonyl (C=O) groups is 1.